The predicted octanol–water partition coefficient (Wildman–Crippen LogP) is 2.21. The highest BCUT2D eigenvalue weighted by Gasteiger charge is 2.34. The number of carbonyl (C=O) groups is 1. The van der Waals surface area contributed by atoms with Gasteiger partial charge in [0.2, 0.25) is 15.9 Å². The quantitative estimate of drug-likeness (QED) is 0.801. The van der Waals surface area contributed by atoms with Gasteiger partial charge in [-0.3, -0.25) is 4.79 Å². The van der Waals surface area contributed by atoms with E-state index in [0.29, 0.717) is 39.0 Å². The summed E-state index contributed by atoms with van der Waals surface area (Å²) in [5.41, 5.74) is 1.69. The van der Waals surface area contributed by atoms with Gasteiger partial charge in [0.25, 0.3) is 0 Å². The molecule has 7 nitrogen and oxygen atoms in total. The summed E-state index contributed by atoms with van der Waals surface area (Å²) in [5.74, 6) is 1.11. The lowest BCUT2D eigenvalue weighted by Gasteiger charge is -2.36. The van der Waals surface area contributed by atoms with Crippen LogP contribution in [0.3, 0.4) is 0 Å². The fraction of sp³-hybridized carbons (Fsp3) is 0.579. The first-order valence-electron chi connectivity index (χ1n) is 9.51. The zero-order chi connectivity index (χ0) is 19.0. The third-order valence-corrected chi connectivity index (χ3v) is 7.04. The third kappa shape index (κ3) is 3.87. The fourth-order valence-corrected chi connectivity index (χ4v) is 4.98. The van der Waals surface area contributed by atoms with Gasteiger partial charge >= 0.3 is 0 Å². The number of rotatable bonds is 3. The molecule has 1 aromatic heterocycles. The molecule has 0 atom stereocenters. The van der Waals surface area contributed by atoms with Crippen molar-refractivity contribution in [2.45, 2.75) is 31.6 Å². The van der Waals surface area contributed by atoms with Crippen molar-refractivity contribution in [2.75, 3.05) is 32.4 Å². The summed E-state index contributed by atoms with van der Waals surface area (Å²) < 4.78 is 30.6. The van der Waals surface area contributed by atoms with Gasteiger partial charge in [-0.1, -0.05) is 12.1 Å². The van der Waals surface area contributed by atoms with E-state index in [4.69, 9.17) is 4.42 Å². The first-order valence-corrected chi connectivity index (χ1v) is 11.4. The second kappa shape index (κ2) is 7.24. The molecule has 0 unspecified atom stereocenters. The second-order valence-corrected chi connectivity index (χ2v) is 9.54. The van der Waals surface area contributed by atoms with E-state index < -0.39 is 10.0 Å². The smallest absolute Gasteiger partial charge is 0.225 e. The normalized spacial score (nSPS) is 21.0. The molecule has 2 saturated heterocycles. The minimum absolute atomic E-state index is 0.0659. The molecule has 146 valence electrons. The summed E-state index contributed by atoms with van der Waals surface area (Å²) in [4.78, 5) is 19.3. The van der Waals surface area contributed by atoms with Crippen LogP contribution in [0.15, 0.2) is 28.7 Å². The molecule has 4 rings (SSSR count). The van der Waals surface area contributed by atoms with E-state index in [1.165, 1.54) is 10.6 Å². The summed E-state index contributed by atoms with van der Waals surface area (Å²) in [6, 6.07) is 7.76. The van der Waals surface area contributed by atoms with E-state index in [1.54, 1.807) is 0 Å². The topological polar surface area (TPSA) is 83.7 Å². The lowest BCUT2D eigenvalue weighted by molar-refractivity contribution is -0.137. The minimum Gasteiger partial charge on any atom is -0.440 e. The maximum atomic E-state index is 12.8. The number of benzene rings is 1. The number of para-hydroxylation sites is 2. The number of hydrogen-bond acceptors (Lipinski definition) is 5. The maximum Gasteiger partial charge on any atom is 0.225 e. The van der Waals surface area contributed by atoms with Gasteiger partial charge in [-0.05, 0) is 37.8 Å². The van der Waals surface area contributed by atoms with Gasteiger partial charge in [0.15, 0.2) is 11.5 Å². The molecule has 27 heavy (non-hydrogen) atoms. The summed E-state index contributed by atoms with van der Waals surface area (Å²) >= 11 is 0. The summed E-state index contributed by atoms with van der Waals surface area (Å²) in [6.45, 7) is 2.28. The van der Waals surface area contributed by atoms with Crippen molar-refractivity contribution in [2.24, 2.45) is 5.92 Å². The van der Waals surface area contributed by atoms with Crippen molar-refractivity contribution in [1.82, 2.24) is 14.2 Å². The Morgan fingerprint density at radius 3 is 2.37 bits per heavy atom. The molecule has 3 heterocycles. The average molecular weight is 391 g/mol. The van der Waals surface area contributed by atoms with Gasteiger partial charge in [0.1, 0.15) is 5.52 Å². The maximum absolute atomic E-state index is 12.8. The number of carbonyl (C=O) groups excluding carboxylic acids is 1. The molecule has 0 aliphatic carbocycles. The van der Waals surface area contributed by atoms with E-state index in [2.05, 4.69) is 4.98 Å². The largest absolute Gasteiger partial charge is 0.440 e. The van der Waals surface area contributed by atoms with E-state index in [9.17, 15) is 13.2 Å². The van der Waals surface area contributed by atoms with Crippen LogP contribution in [0.4, 0.5) is 0 Å². The van der Waals surface area contributed by atoms with E-state index in [1.807, 2.05) is 29.2 Å². The Kier molecular flexibility index (Phi) is 4.94. The molecule has 2 fully saturated rings. The second-order valence-electron chi connectivity index (χ2n) is 7.56. The zero-order valence-corrected chi connectivity index (χ0v) is 16.3. The van der Waals surface area contributed by atoms with Crippen LogP contribution in [-0.4, -0.2) is 60.9 Å². The lowest BCUT2D eigenvalue weighted by Crippen LogP contribution is -2.46. The highest BCUT2D eigenvalue weighted by atomic mass is 32.2. The van der Waals surface area contributed by atoms with Crippen molar-refractivity contribution in [3.8, 4) is 0 Å². The van der Waals surface area contributed by atoms with Gasteiger partial charge in [0, 0.05) is 38.0 Å². The molecular weight excluding hydrogens is 366 g/mol. The number of aromatic nitrogens is 1. The molecule has 0 bridgehead atoms. The average Bonchev–Trinajstić information content (AvgIpc) is 3.11. The Hall–Kier alpha value is -1.93. The van der Waals surface area contributed by atoms with Crippen molar-refractivity contribution >= 4 is 27.0 Å². The van der Waals surface area contributed by atoms with E-state index >= 15 is 0 Å². The Labute approximate surface area is 159 Å². The number of piperidine rings is 2. The van der Waals surface area contributed by atoms with Crippen LogP contribution in [-0.2, 0) is 14.8 Å². The molecule has 2 aliphatic heterocycles. The highest BCUT2D eigenvalue weighted by Crippen LogP contribution is 2.31. The third-order valence-electron chi connectivity index (χ3n) is 5.74. The lowest BCUT2D eigenvalue weighted by atomic mass is 9.92. The van der Waals surface area contributed by atoms with Crippen molar-refractivity contribution in [1.29, 1.82) is 0 Å². The van der Waals surface area contributed by atoms with Crippen LogP contribution in [0.25, 0.3) is 11.1 Å². The van der Waals surface area contributed by atoms with Crippen LogP contribution in [0.1, 0.15) is 37.5 Å². The number of oxazole rings is 1. The van der Waals surface area contributed by atoms with Crippen LogP contribution in [0.2, 0.25) is 0 Å². The van der Waals surface area contributed by atoms with Crippen molar-refractivity contribution in [3.63, 3.8) is 0 Å². The number of amides is 1. The predicted molar refractivity (Wildman–Crippen MR) is 102 cm³/mol. The molecule has 8 heteroatoms. The molecular formula is C19H25N3O4S. The van der Waals surface area contributed by atoms with E-state index in [0.717, 1.165) is 29.8 Å². The number of sulfonamides is 1. The molecule has 1 amide bonds. The first-order chi connectivity index (χ1) is 12.9. The summed E-state index contributed by atoms with van der Waals surface area (Å²) in [6.07, 6.45) is 4.14. The highest BCUT2D eigenvalue weighted by molar-refractivity contribution is 7.88. The monoisotopic (exact) mass is 391 g/mol. The Morgan fingerprint density at radius 2 is 1.74 bits per heavy atom. The first kappa shape index (κ1) is 18.4. The number of nitrogens with zero attached hydrogens (tertiary/aromatic N) is 3. The Balaban J connectivity index is 1.33. The molecule has 0 saturated carbocycles. The fourth-order valence-electron chi connectivity index (χ4n) is 4.10. The van der Waals surface area contributed by atoms with Gasteiger partial charge in [0.05, 0.1) is 6.26 Å². The molecule has 0 spiro atoms. The zero-order valence-electron chi connectivity index (χ0n) is 15.5. The van der Waals surface area contributed by atoms with Crippen LogP contribution in [0.5, 0.6) is 0 Å². The molecule has 2 aliphatic rings. The van der Waals surface area contributed by atoms with Crippen LogP contribution < -0.4 is 0 Å². The molecule has 0 N–H and O–H groups in total. The van der Waals surface area contributed by atoms with Crippen molar-refractivity contribution < 1.29 is 17.6 Å². The molecule has 0 radical (unpaired) electrons. The van der Waals surface area contributed by atoms with Crippen LogP contribution >= 0.6 is 0 Å². The number of likely N-dealkylation sites (tertiary alicyclic amines) is 1. The van der Waals surface area contributed by atoms with E-state index in [-0.39, 0.29) is 17.7 Å². The SMILES string of the molecule is CS(=O)(=O)N1CCC(C(=O)N2CCC(c3nc4ccccc4o3)CC2)CC1. The molecule has 2 aromatic rings. The van der Waals surface area contributed by atoms with Gasteiger partial charge in [-0.2, -0.15) is 0 Å². The van der Waals surface area contributed by atoms with Gasteiger partial charge in [-0.15, -0.1) is 0 Å². The van der Waals surface area contributed by atoms with Crippen molar-refractivity contribution in [3.05, 3.63) is 30.2 Å². The number of hydrogen-bond donors (Lipinski definition) is 0. The Bertz CT molecular complexity index is 890. The van der Waals surface area contributed by atoms with Crippen LogP contribution in [0, 0.1) is 5.92 Å². The molecule has 1 aromatic carbocycles. The van der Waals surface area contributed by atoms with Gasteiger partial charge in [-0.25, -0.2) is 17.7 Å². The summed E-state index contributed by atoms with van der Waals surface area (Å²) in [5, 5.41) is 0. The minimum atomic E-state index is -3.16. The summed E-state index contributed by atoms with van der Waals surface area (Å²) in [7, 11) is -3.16. The standard InChI is InChI=1S/C19H25N3O4S/c1-27(24,25)22-12-8-15(9-13-22)19(23)21-10-6-14(7-11-21)18-20-16-4-2-3-5-17(16)26-18/h2-5,14-15H,6-13H2,1H3. The Morgan fingerprint density at radius 1 is 1.07 bits per heavy atom. The van der Waals surface area contributed by atoms with Gasteiger partial charge < -0.3 is 9.32 Å². The number of fused-ring (bicyclic) bond motifs is 1.